The third kappa shape index (κ3) is 2.16. The predicted molar refractivity (Wildman–Crippen MR) is 76.5 cm³/mol. The number of benzene rings is 1. The molecule has 1 aromatic rings. The van der Waals surface area contributed by atoms with E-state index in [9.17, 15) is 4.79 Å². The van der Waals surface area contributed by atoms with Gasteiger partial charge in [0.25, 0.3) is 0 Å². The second kappa shape index (κ2) is 4.97. The van der Waals surface area contributed by atoms with Crippen LogP contribution in [-0.4, -0.2) is 31.0 Å². The number of likely N-dealkylation sites (N-methyl/N-ethyl adjacent to an activating group) is 1. The lowest BCUT2D eigenvalue weighted by molar-refractivity contribution is -0.0943. The van der Waals surface area contributed by atoms with Crippen LogP contribution in [-0.2, 0) is 10.3 Å². The highest BCUT2D eigenvalue weighted by Gasteiger charge is 2.52. The molecule has 0 aromatic heterocycles. The van der Waals surface area contributed by atoms with Crippen molar-refractivity contribution in [2.24, 2.45) is 0 Å². The number of likely N-dealkylation sites (tertiary alicyclic amines) is 1. The van der Waals surface area contributed by atoms with Gasteiger partial charge in [-0.1, -0.05) is 39.8 Å². The molecule has 0 amide bonds. The van der Waals surface area contributed by atoms with Gasteiger partial charge < -0.3 is 4.74 Å². The van der Waals surface area contributed by atoms with Crippen molar-refractivity contribution in [3.8, 4) is 0 Å². The number of esters is 1. The third-order valence-electron chi connectivity index (χ3n) is 3.76. The summed E-state index contributed by atoms with van der Waals surface area (Å²) in [4.78, 5) is 14.0. The summed E-state index contributed by atoms with van der Waals surface area (Å²) in [7, 11) is 2.05. The number of rotatable bonds is 1. The minimum absolute atomic E-state index is 0.164. The molecule has 104 valence electrons. The summed E-state index contributed by atoms with van der Waals surface area (Å²) < 4.78 is 5.58. The molecule has 0 bridgehead atoms. The summed E-state index contributed by atoms with van der Waals surface area (Å²) in [6.07, 6.45) is 0. The van der Waals surface area contributed by atoms with Crippen LogP contribution in [0.2, 0.25) is 0 Å². The van der Waals surface area contributed by atoms with E-state index in [-0.39, 0.29) is 11.6 Å². The van der Waals surface area contributed by atoms with E-state index >= 15 is 0 Å². The number of hydrogen-bond donors (Lipinski definition) is 0. The summed E-state index contributed by atoms with van der Waals surface area (Å²) in [6.45, 7) is 9.96. The highest BCUT2D eigenvalue weighted by molar-refractivity contribution is 5.95. The van der Waals surface area contributed by atoms with Crippen molar-refractivity contribution < 1.29 is 9.53 Å². The molecular weight excluding hydrogens is 238 g/mol. The topological polar surface area (TPSA) is 29.5 Å². The Balaban J connectivity index is 0.000000637. The Morgan fingerprint density at radius 3 is 2.42 bits per heavy atom. The number of ether oxygens (including phenoxy) is 1. The molecule has 0 unspecified atom stereocenters. The van der Waals surface area contributed by atoms with Gasteiger partial charge in [-0.05, 0) is 24.6 Å². The van der Waals surface area contributed by atoms with Crippen molar-refractivity contribution in [2.75, 3.05) is 20.1 Å². The first-order valence-electron chi connectivity index (χ1n) is 7.08. The van der Waals surface area contributed by atoms with Gasteiger partial charge in [-0.2, -0.15) is 0 Å². The third-order valence-corrected chi connectivity index (χ3v) is 3.76. The first-order chi connectivity index (χ1) is 9.02. The zero-order valence-electron chi connectivity index (χ0n) is 12.5. The van der Waals surface area contributed by atoms with Gasteiger partial charge >= 0.3 is 5.97 Å². The number of carbonyl (C=O) groups excluding carboxylic acids is 1. The zero-order chi connectivity index (χ0) is 14.2. The van der Waals surface area contributed by atoms with Crippen molar-refractivity contribution >= 4 is 5.97 Å². The van der Waals surface area contributed by atoms with E-state index in [4.69, 9.17) is 4.74 Å². The molecule has 1 saturated heterocycles. The quantitative estimate of drug-likeness (QED) is 0.727. The van der Waals surface area contributed by atoms with Crippen LogP contribution in [0.1, 0.15) is 55.1 Å². The minimum atomic E-state index is -0.355. The van der Waals surface area contributed by atoms with E-state index in [1.165, 1.54) is 5.56 Å². The molecule has 19 heavy (non-hydrogen) atoms. The van der Waals surface area contributed by atoms with E-state index in [0.717, 1.165) is 24.2 Å². The van der Waals surface area contributed by atoms with Crippen LogP contribution >= 0.6 is 0 Å². The molecule has 0 atom stereocenters. The Labute approximate surface area is 115 Å². The summed E-state index contributed by atoms with van der Waals surface area (Å²) in [5.74, 6) is 0.314. The lowest BCUT2D eigenvalue weighted by Gasteiger charge is -2.44. The molecule has 3 rings (SSSR count). The summed E-state index contributed by atoms with van der Waals surface area (Å²) in [5, 5.41) is 0. The largest absolute Gasteiger partial charge is 0.448 e. The van der Waals surface area contributed by atoms with E-state index < -0.39 is 0 Å². The molecule has 1 spiro atoms. The number of hydrogen-bond acceptors (Lipinski definition) is 3. The van der Waals surface area contributed by atoms with Gasteiger partial charge in [-0.15, -0.1) is 0 Å². The highest BCUT2D eigenvalue weighted by Crippen LogP contribution is 2.43. The molecule has 2 aliphatic heterocycles. The molecule has 3 nitrogen and oxygen atoms in total. The molecule has 2 aliphatic rings. The van der Waals surface area contributed by atoms with E-state index in [2.05, 4.69) is 24.8 Å². The van der Waals surface area contributed by atoms with Crippen molar-refractivity contribution in [3.05, 3.63) is 34.9 Å². The van der Waals surface area contributed by atoms with Gasteiger partial charge in [0.2, 0.25) is 0 Å². The average Bonchev–Trinajstić information content (AvgIpc) is 2.65. The Hall–Kier alpha value is -1.35. The van der Waals surface area contributed by atoms with Gasteiger partial charge in [0.1, 0.15) is 0 Å². The van der Waals surface area contributed by atoms with Crippen LogP contribution in [0, 0.1) is 0 Å². The van der Waals surface area contributed by atoms with Crippen LogP contribution in [0.15, 0.2) is 18.2 Å². The number of carbonyl (C=O) groups is 1. The van der Waals surface area contributed by atoms with Gasteiger partial charge in [0.05, 0.1) is 5.56 Å². The fraction of sp³-hybridized carbons (Fsp3) is 0.562. The van der Waals surface area contributed by atoms with Crippen LogP contribution < -0.4 is 0 Å². The van der Waals surface area contributed by atoms with Gasteiger partial charge in [-0.25, -0.2) is 4.79 Å². The predicted octanol–water partition coefficient (Wildman–Crippen LogP) is 3.15. The van der Waals surface area contributed by atoms with Crippen molar-refractivity contribution in [2.45, 2.75) is 39.2 Å². The van der Waals surface area contributed by atoms with Crippen molar-refractivity contribution in [3.63, 3.8) is 0 Å². The number of nitrogens with zero attached hydrogens (tertiary/aromatic N) is 1. The molecule has 2 heterocycles. The molecule has 1 aromatic carbocycles. The molecule has 0 radical (unpaired) electrons. The first-order valence-corrected chi connectivity index (χ1v) is 7.08. The van der Waals surface area contributed by atoms with Crippen LogP contribution in [0.5, 0.6) is 0 Å². The molecular formula is C16H23NO2. The maximum atomic E-state index is 11.8. The van der Waals surface area contributed by atoms with Crippen LogP contribution in [0.25, 0.3) is 0 Å². The maximum absolute atomic E-state index is 11.8. The SMILES string of the molecule is CC.CC(C)c1ccc2c(c1)C1(CN(C)C1)OC2=O. The van der Waals surface area contributed by atoms with Gasteiger partial charge in [0, 0.05) is 18.7 Å². The Kier molecular flexibility index (Phi) is 3.68. The van der Waals surface area contributed by atoms with Crippen LogP contribution in [0.3, 0.4) is 0 Å². The van der Waals surface area contributed by atoms with Gasteiger partial charge in [0.15, 0.2) is 5.60 Å². The second-order valence-corrected chi connectivity index (χ2v) is 5.52. The summed E-state index contributed by atoms with van der Waals surface area (Å²) in [6, 6.07) is 6.10. The fourth-order valence-electron chi connectivity index (χ4n) is 2.82. The highest BCUT2D eigenvalue weighted by atomic mass is 16.6. The minimum Gasteiger partial charge on any atom is -0.448 e. The van der Waals surface area contributed by atoms with Crippen molar-refractivity contribution in [1.82, 2.24) is 4.90 Å². The monoisotopic (exact) mass is 261 g/mol. The molecule has 0 aliphatic carbocycles. The lowest BCUT2D eigenvalue weighted by Crippen LogP contribution is -2.57. The van der Waals surface area contributed by atoms with E-state index in [1.807, 2.05) is 33.0 Å². The second-order valence-electron chi connectivity index (χ2n) is 5.52. The van der Waals surface area contributed by atoms with Crippen LogP contribution in [0.4, 0.5) is 0 Å². The first kappa shape index (κ1) is 14.1. The molecule has 1 fully saturated rings. The Morgan fingerprint density at radius 1 is 1.26 bits per heavy atom. The zero-order valence-corrected chi connectivity index (χ0v) is 12.5. The lowest BCUT2D eigenvalue weighted by atomic mass is 9.83. The summed E-state index contributed by atoms with van der Waals surface area (Å²) in [5.41, 5.74) is 2.76. The smallest absolute Gasteiger partial charge is 0.339 e. The molecule has 3 heteroatoms. The fourth-order valence-corrected chi connectivity index (χ4v) is 2.82. The standard InChI is InChI=1S/C14H17NO2.C2H6/c1-9(2)10-4-5-11-12(6-10)14(17-13(11)16)7-15(3)8-14;1-2/h4-6,9H,7-8H2,1-3H3;1-2H3. The van der Waals surface area contributed by atoms with E-state index in [1.54, 1.807) is 0 Å². The van der Waals surface area contributed by atoms with Crippen molar-refractivity contribution in [1.29, 1.82) is 0 Å². The Bertz CT molecular complexity index is 488. The maximum Gasteiger partial charge on any atom is 0.339 e. The van der Waals surface area contributed by atoms with E-state index in [0.29, 0.717) is 5.92 Å². The summed E-state index contributed by atoms with van der Waals surface area (Å²) >= 11 is 0. The normalized spacial score (nSPS) is 19.6. The number of fused-ring (bicyclic) bond motifs is 2. The van der Waals surface area contributed by atoms with Gasteiger partial charge in [-0.3, -0.25) is 4.90 Å². The Morgan fingerprint density at radius 2 is 1.89 bits per heavy atom. The average molecular weight is 261 g/mol. The molecule has 0 N–H and O–H groups in total. The molecule has 0 saturated carbocycles.